The van der Waals surface area contributed by atoms with E-state index in [9.17, 15) is 0 Å². The summed E-state index contributed by atoms with van der Waals surface area (Å²) in [5, 5.41) is 11.4. The topological polar surface area (TPSA) is 73.7 Å². The molecule has 1 heterocycles. The first-order valence-corrected chi connectivity index (χ1v) is 9.31. The van der Waals surface area contributed by atoms with Gasteiger partial charge in [0.05, 0.1) is 19.9 Å². The Balaban J connectivity index is 1.77. The maximum Gasteiger partial charge on any atom is 0.216 e. The van der Waals surface area contributed by atoms with Gasteiger partial charge in [-0.05, 0) is 54.5 Å². The third-order valence-electron chi connectivity index (χ3n) is 3.80. The van der Waals surface area contributed by atoms with Crippen molar-refractivity contribution >= 4 is 18.4 Å². The number of hydrogen-bond donors (Lipinski definition) is 1. The normalized spacial score (nSPS) is 10.9. The summed E-state index contributed by atoms with van der Waals surface area (Å²) in [5.74, 6) is 2.68. The molecule has 0 aliphatic rings. The van der Waals surface area contributed by atoms with Gasteiger partial charge in [0.15, 0.2) is 17.3 Å². The molecule has 0 fully saturated rings. The van der Waals surface area contributed by atoms with E-state index in [1.165, 1.54) is 4.68 Å². The molecular formula is C20H22N4O3S. The fourth-order valence-corrected chi connectivity index (χ4v) is 2.62. The summed E-state index contributed by atoms with van der Waals surface area (Å²) in [6.45, 7) is 2.91. The second-order valence-corrected chi connectivity index (χ2v) is 6.25. The van der Waals surface area contributed by atoms with Gasteiger partial charge in [-0.25, -0.2) is 5.10 Å². The molecule has 0 unspecified atom stereocenters. The van der Waals surface area contributed by atoms with Gasteiger partial charge in [0.25, 0.3) is 0 Å². The lowest BCUT2D eigenvalue weighted by Crippen LogP contribution is -2.04. The summed E-state index contributed by atoms with van der Waals surface area (Å²) in [4.78, 5) is 0. The van der Waals surface area contributed by atoms with Crippen molar-refractivity contribution in [3.8, 4) is 17.2 Å². The lowest BCUT2D eigenvalue weighted by atomic mass is 10.2. The maximum absolute atomic E-state index is 5.74. The van der Waals surface area contributed by atoms with Crippen molar-refractivity contribution in [2.45, 2.75) is 20.0 Å². The van der Waals surface area contributed by atoms with Crippen LogP contribution in [-0.4, -0.2) is 34.8 Å². The van der Waals surface area contributed by atoms with Crippen LogP contribution >= 0.6 is 12.2 Å². The first-order valence-electron chi connectivity index (χ1n) is 8.90. The molecule has 0 aliphatic carbocycles. The van der Waals surface area contributed by atoms with Crippen LogP contribution in [0.5, 0.6) is 17.2 Å². The third-order valence-corrected chi connectivity index (χ3v) is 4.06. The van der Waals surface area contributed by atoms with Gasteiger partial charge in [-0.15, -0.1) is 0 Å². The standard InChI is InChI=1S/C20H22N4O3S/c1-3-11-26-18-12-15(9-10-17(18)25-2)13-21-24-19(22-23-20(24)28)14-27-16-7-5-4-6-8-16/h4-10,12-13H,3,11,14H2,1-2H3,(H,23,28)/b21-13-. The third kappa shape index (κ3) is 4.98. The summed E-state index contributed by atoms with van der Waals surface area (Å²) in [7, 11) is 1.62. The molecule has 0 spiro atoms. The number of para-hydroxylation sites is 1. The molecule has 0 aliphatic heterocycles. The van der Waals surface area contributed by atoms with Crippen molar-refractivity contribution in [1.82, 2.24) is 14.9 Å². The number of aromatic nitrogens is 3. The van der Waals surface area contributed by atoms with Crippen molar-refractivity contribution < 1.29 is 14.2 Å². The Kier molecular flexibility index (Phi) is 6.80. The first-order chi connectivity index (χ1) is 13.7. The second kappa shape index (κ2) is 9.70. The summed E-state index contributed by atoms with van der Waals surface area (Å²) in [6.07, 6.45) is 2.60. The molecule has 0 saturated heterocycles. The zero-order valence-electron chi connectivity index (χ0n) is 15.8. The van der Waals surface area contributed by atoms with Crippen LogP contribution in [0.2, 0.25) is 0 Å². The van der Waals surface area contributed by atoms with E-state index in [1.807, 2.05) is 48.5 Å². The highest BCUT2D eigenvalue weighted by molar-refractivity contribution is 7.71. The van der Waals surface area contributed by atoms with E-state index < -0.39 is 0 Å². The number of aromatic amines is 1. The number of nitrogens with zero attached hydrogens (tertiary/aromatic N) is 3. The largest absolute Gasteiger partial charge is 0.493 e. The van der Waals surface area contributed by atoms with Crippen LogP contribution in [0.1, 0.15) is 24.7 Å². The number of benzene rings is 2. The Morgan fingerprint density at radius 1 is 1.14 bits per heavy atom. The molecule has 8 heteroatoms. The van der Waals surface area contributed by atoms with Gasteiger partial charge in [0.2, 0.25) is 4.77 Å². The highest BCUT2D eigenvalue weighted by Crippen LogP contribution is 2.27. The van der Waals surface area contributed by atoms with E-state index >= 15 is 0 Å². The molecule has 3 rings (SSSR count). The van der Waals surface area contributed by atoms with Crippen molar-refractivity contribution in [3.63, 3.8) is 0 Å². The molecule has 0 saturated carbocycles. The Hall–Kier alpha value is -3.13. The molecule has 3 aromatic rings. The number of rotatable bonds is 9. The van der Waals surface area contributed by atoms with Crippen LogP contribution in [-0.2, 0) is 6.61 Å². The van der Waals surface area contributed by atoms with Gasteiger partial charge >= 0.3 is 0 Å². The average Bonchev–Trinajstić information content (AvgIpc) is 3.09. The molecule has 0 amide bonds. The molecule has 0 atom stereocenters. The fraction of sp³-hybridized carbons (Fsp3) is 0.250. The average molecular weight is 398 g/mol. The molecular weight excluding hydrogens is 376 g/mol. The minimum atomic E-state index is 0.238. The molecule has 0 radical (unpaired) electrons. The van der Waals surface area contributed by atoms with Crippen molar-refractivity contribution in [3.05, 3.63) is 64.7 Å². The van der Waals surface area contributed by atoms with E-state index in [-0.39, 0.29) is 6.61 Å². The predicted molar refractivity (Wildman–Crippen MR) is 110 cm³/mol. The summed E-state index contributed by atoms with van der Waals surface area (Å²) < 4.78 is 18.7. The van der Waals surface area contributed by atoms with E-state index in [4.69, 9.17) is 26.4 Å². The zero-order chi connectivity index (χ0) is 19.8. The highest BCUT2D eigenvalue weighted by atomic mass is 32.1. The number of nitrogens with one attached hydrogen (secondary N) is 1. The molecule has 7 nitrogen and oxygen atoms in total. The SMILES string of the molecule is CCCOc1cc(/C=N\n2c(COc3ccccc3)n[nH]c2=S)ccc1OC. The van der Waals surface area contributed by atoms with Crippen LogP contribution in [0.4, 0.5) is 0 Å². The zero-order valence-corrected chi connectivity index (χ0v) is 16.6. The Bertz CT molecular complexity index is 983. The molecule has 146 valence electrons. The quantitative estimate of drug-likeness (QED) is 0.432. The van der Waals surface area contributed by atoms with Crippen LogP contribution in [0.3, 0.4) is 0 Å². The Morgan fingerprint density at radius 2 is 1.96 bits per heavy atom. The summed E-state index contributed by atoms with van der Waals surface area (Å²) in [6, 6.07) is 15.1. The van der Waals surface area contributed by atoms with Crippen LogP contribution in [0, 0.1) is 4.77 Å². The van der Waals surface area contributed by atoms with E-state index in [1.54, 1.807) is 13.3 Å². The number of H-pyrrole nitrogens is 1. The minimum absolute atomic E-state index is 0.238. The predicted octanol–water partition coefficient (Wildman–Crippen LogP) is 4.20. The van der Waals surface area contributed by atoms with Crippen LogP contribution in [0.25, 0.3) is 0 Å². The Labute approximate surface area is 168 Å². The fourth-order valence-electron chi connectivity index (χ4n) is 2.42. The summed E-state index contributed by atoms with van der Waals surface area (Å²) in [5.41, 5.74) is 0.852. The monoisotopic (exact) mass is 398 g/mol. The number of ether oxygens (including phenoxy) is 3. The first kappa shape index (κ1) is 19.6. The maximum atomic E-state index is 5.74. The van der Waals surface area contributed by atoms with E-state index in [0.717, 1.165) is 17.7 Å². The molecule has 1 aromatic heterocycles. The van der Waals surface area contributed by atoms with Crippen LogP contribution < -0.4 is 14.2 Å². The van der Waals surface area contributed by atoms with Gasteiger partial charge < -0.3 is 14.2 Å². The number of methoxy groups -OCH3 is 1. The molecule has 1 N–H and O–H groups in total. The molecule has 0 bridgehead atoms. The van der Waals surface area contributed by atoms with Crippen molar-refractivity contribution in [2.24, 2.45) is 5.10 Å². The lowest BCUT2D eigenvalue weighted by molar-refractivity contribution is 0.290. The van der Waals surface area contributed by atoms with Gasteiger partial charge in [-0.3, -0.25) is 0 Å². The van der Waals surface area contributed by atoms with E-state index in [0.29, 0.717) is 28.7 Å². The second-order valence-electron chi connectivity index (χ2n) is 5.86. The van der Waals surface area contributed by atoms with E-state index in [2.05, 4.69) is 22.2 Å². The van der Waals surface area contributed by atoms with Gasteiger partial charge in [-0.1, -0.05) is 25.1 Å². The molecule has 2 aromatic carbocycles. The smallest absolute Gasteiger partial charge is 0.216 e. The lowest BCUT2D eigenvalue weighted by Gasteiger charge is -2.10. The minimum Gasteiger partial charge on any atom is -0.493 e. The molecule has 28 heavy (non-hydrogen) atoms. The van der Waals surface area contributed by atoms with Gasteiger partial charge in [0, 0.05) is 0 Å². The van der Waals surface area contributed by atoms with Crippen LogP contribution in [0.15, 0.2) is 53.6 Å². The Morgan fingerprint density at radius 3 is 2.71 bits per heavy atom. The van der Waals surface area contributed by atoms with Gasteiger partial charge in [-0.2, -0.15) is 14.9 Å². The highest BCUT2D eigenvalue weighted by Gasteiger charge is 2.07. The van der Waals surface area contributed by atoms with Crippen molar-refractivity contribution in [2.75, 3.05) is 13.7 Å². The van der Waals surface area contributed by atoms with Gasteiger partial charge in [0.1, 0.15) is 12.4 Å². The number of hydrogen-bond acceptors (Lipinski definition) is 6. The summed E-state index contributed by atoms with van der Waals surface area (Å²) >= 11 is 5.27. The van der Waals surface area contributed by atoms with Crippen molar-refractivity contribution in [1.29, 1.82) is 0 Å².